The summed E-state index contributed by atoms with van der Waals surface area (Å²) in [5.41, 5.74) is 6.19. The van der Waals surface area contributed by atoms with Crippen LogP contribution in [0, 0.1) is 18.8 Å². The molecule has 2 aliphatic rings. The lowest BCUT2D eigenvalue weighted by molar-refractivity contribution is -0.159. The number of fused-ring (bicyclic) bond motifs is 1. The molecule has 3 atom stereocenters. The Morgan fingerprint density at radius 2 is 1.85 bits per heavy atom. The minimum atomic E-state index is -0.494. The molecule has 1 aliphatic carbocycles. The molecule has 1 aliphatic heterocycles. The first-order valence-electron chi connectivity index (χ1n) is 14.6. The molecule has 2 aromatic carbocycles. The van der Waals surface area contributed by atoms with E-state index < -0.39 is 5.60 Å². The molecule has 6 nitrogen and oxygen atoms in total. The molecular weight excluding hydrogens is 502 g/mol. The van der Waals surface area contributed by atoms with Crippen molar-refractivity contribution < 1.29 is 23.8 Å². The van der Waals surface area contributed by atoms with E-state index in [1.54, 1.807) is 7.11 Å². The number of benzene rings is 2. The average Bonchev–Trinajstić information content (AvgIpc) is 3.17. The molecule has 1 heterocycles. The van der Waals surface area contributed by atoms with E-state index in [2.05, 4.69) is 42.6 Å². The van der Waals surface area contributed by atoms with Crippen LogP contribution in [-0.2, 0) is 27.1 Å². The number of ether oxygens (including phenoxy) is 3. The third kappa shape index (κ3) is 7.14. The van der Waals surface area contributed by atoms with Gasteiger partial charge in [-0.2, -0.15) is 0 Å². The fourth-order valence-electron chi connectivity index (χ4n) is 6.23. The van der Waals surface area contributed by atoms with Crippen LogP contribution in [0.3, 0.4) is 0 Å². The molecule has 216 valence electrons. The topological polar surface area (TPSA) is 73.9 Å². The largest absolute Gasteiger partial charge is 0.496 e. The van der Waals surface area contributed by atoms with Crippen molar-refractivity contribution in [2.45, 2.75) is 77.7 Å². The van der Waals surface area contributed by atoms with E-state index in [1.165, 1.54) is 29.4 Å². The molecular formula is C34H45NO5. The van der Waals surface area contributed by atoms with Gasteiger partial charge < -0.3 is 19.5 Å². The van der Waals surface area contributed by atoms with E-state index in [0.29, 0.717) is 30.2 Å². The highest BCUT2D eigenvalue weighted by atomic mass is 16.6. The zero-order chi connectivity index (χ0) is 28.9. The van der Waals surface area contributed by atoms with Gasteiger partial charge in [0, 0.05) is 12.1 Å². The molecule has 6 heteroatoms. The summed E-state index contributed by atoms with van der Waals surface area (Å²) in [7, 11) is 3.16. The highest BCUT2D eigenvalue weighted by Gasteiger charge is 2.30. The standard InChI is InChI=1S/C34H45NO5/c1-22-19-31(38-5)28(27-11-8-10-26(20-29(22)27)33(37)40-34(2,3)4)12-7-9-23-17-18-35-21-30(23)24-13-15-25(16-14-24)32(36)39-6/h8,11,13-16,19,23,26,30,35H,7,9-10,12,17-18,20-21H2,1-6H3/t23?,26?,30-/m1/s1. The van der Waals surface area contributed by atoms with Crippen LogP contribution in [0.4, 0.5) is 0 Å². The van der Waals surface area contributed by atoms with Crippen LogP contribution in [-0.4, -0.2) is 44.8 Å². The van der Waals surface area contributed by atoms with Gasteiger partial charge >= 0.3 is 11.9 Å². The van der Waals surface area contributed by atoms with Gasteiger partial charge in [0.25, 0.3) is 0 Å². The maximum atomic E-state index is 12.9. The number of nitrogens with one attached hydrogen (secondary N) is 1. The Morgan fingerprint density at radius 3 is 2.52 bits per heavy atom. The van der Waals surface area contributed by atoms with Gasteiger partial charge in [-0.3, -0.25) is 4.79 Å². The van der Waals surface area contributed by atoms with Crippen molar-refractivity contribution in [2.24, 2.45) is 11.8 Å². The highest BCUT2D eigenvalue weighted by Crippen LogP contribution is 2.38. The molecule has 0 spiro atoms. The van der Waals surface area contributed by atoms with Gasteiger partial charge in [-0.05, 0) is 125 Å². The minimum absolute atomic E-state index is 0.127. The van der Waals surface area contributed by atoms with E-state index in [9.17, 15) is 9.59 Å². The highest BCUT2D eigenvalue weighted by molar-refractivity contribution is 5.89. The van der Waals surface area contributed by atoms with Gasteiger partial charge in [0.15, 0.2) is 0 Å². The number of hydrogen-bond acceptors (Lipinski definition) is 6. The van der Waals surface area contributed by atoms with E-state index in [0.717, 1.165) is 50.1 Å². The Labute approximate surface area is 239 Å². The summed E-state index contributed by atoms with van der Waals surface area (Å²) in [6.07, 6.45) is 9.89. The van der Waals surface area contributed by atoms with Crippen LogP contribution in [0.1, 0.15) is 90.5 Å². The third-order valence-corrected chi connectivity index (χ3v) is 8.27. The number of aryl methyl sites for hydroxylation is 1. The fourth-order valence-corrected chi connectivity index (χ4v) is 6.23. The van der Waals surface area contributed by atoms with E-state index >= 15 is 0 Å². The molecule has 1 N–H and O–H groups in total. The van der Waals surface area contributed by atoms with Crippen LogP contribution in [0.5, 0.6) is 5.75 Å². The number of carbonyl (C=O) groups excluding carboxylic acids is 2. The summed E-state index contributed by atoms with van der Waals surface area (Å²) in [5.74, 6) is 1.29. The SMILES string of the molecule is COC(=O)c1ccc([C@@H]2CNCCC2CCCc2c(OC)cc(C)c3c2C=CCC(C(=O)OC(C)(C)C)C3)cc1. The normalized spacial score (nSPS) is 20.8. The average molecular weight is 548 g/mol. The predicted octanol–water partition coefficient (Wildman–Crippen LogP) is 6.42. The number of methoxy groups -OCH3 is 2. The summed E-state index contributed by atoms with van der Waals surface area (Å²) >= 11 is 0. The van der Waals surface area contributed by atoms with Crippen molar-refractivity contribution in [1.29, 1.82) is 0 Å². The maximum absolute atomic E-state index is 12.9. The van der Waals surface area contributed by atoms with Crippen LogP contribution < -0.4 is 10.1 Å². The van der Waals surface area contributed by atoms with Crippen molar-refractivity contribution in [1.82, 2.24) is 5.32 Å². The number of esters is 2. The minimum Gasteiger partial charge on any atom is -0.496 e. The Bertz CT molecular complexity index is 1220. The molecule has 0 radical (unpaired) electrons. The second kappa shape index (κ2) is 13.0. The lowest BCUT2D eigenvalue weighted by atomic mass is 9.78. The van der Waals surface area contributed by atoms with Gasteiger partial charge in [0.2, 0.25) is 0 Å². The van der Waals surface area contributed by atoms with Crippen molar-refractivity contribution in [2.75, 3.05) is 27.3 Å². The molecule has 0 aromatic heterocycles. The maximum Gasteiger partial charge on any atom is 0.337 e. The molecule has 4 rings (SSSR count). The number of carbonyl (C=O) groups is 2. The lowest BCUT2D eigenvalue weighted by Crippen LogP contribution is -2.35. The molecule has 0 bridgehead atoms. The van der Waals surface area contributed by atoms with Gasteiger partial charge in [-0.25, -0.2) is 4.79 Å². The van der Waals surface area contributed by atoms with Crippen molar-refractivity contribution in [3.05, 3.63) is 69.8 Å². The quantitative estimate of drug-likeness (QED) is 0.384. The predicted molar refractivity (Wildman–Crippen MR) is 159 cm³/mol. The van der Waals surface area contributed by atoms with Gasteiger partial charge in [0.1, 0.15) is 11.4 Å². The van der Waals surface area contributed by atoms with Crippen LogP contribution >= 0.6 is 0 Å². The monoisotopic (exact) mass is 547 g/mol. The Kier molecular flexibility index (Phi) is 9.72. The van der Waals surface area contributed by atoms with Crippen LogP contribution in [0.25, 0.3) is 6.08 Å². The fraction of sp³-hybridized carbons (Fsp3) is 0.529. The molecule has 1 fully saturated rings. The molecule has 0 amide bonds. The molecule has 0 saturated carbocycles. The van der Waals surface area contributed by atoms with E-state index in [4.69, 9.17) is 14.2 Å². The first kappa shape index (κ1) is 29.9. The van der Waals surface area contributed by atoms with Gasteiger partial charge in [0.05, 0.1) is 25.7 Å². The van der Waals surface area contributed by atoms with Gasteiger partial charge in [-0.15, -0.1) is 0 Å². The first-order valence-corrected chi connectivity index (χ1v) is 14.6. The summed E-state index contributed by atoms with van der Waals surface area (Å²) in [4.78, 5) is 24.8. The van der Waals surface area contributed by atoms with Crippen LogP contribution in [0.2, 0.25) is 0 Å². The third-order valence-electron chi connectivity index (χ3n) is 8.27. The van der Waals surface area contributed by atoms with Crippen molar-refractivity contribution in [3.63, 3.8) is 0 Å². The molecule has 2 aromatic rings. The summed E-state index contributed by atoms with van der Waals surface area (Å²) < 4.78 is 16.5. The number of piperidine rings is 1. The van der Waals surface area contributed by atoms with Crippen molar-refractivity contribution in [3.8, 4) is 5.75 Å². The Hall–Kier alpha value is -3.12. The zero-order valence-electron chi connectivity index (χ0n) is 25.0. The summed E-state index contributed by atoms with van der Waals surface area (Å²) in [6, 6.07) is 10.0. The Balaban J connectivity index is 1.50. The first-order chi connectivity index (χ1) is 19.1. The van der Waals surface area contributed by atoms with Crippen LogP contribution in [0.15, 0.2) is 36.4 Å². The lowest BCUT2D eigenvalue weighted by Gasteiger charge is -2.33. The summed E-state index contributed by atoms with van der Waals surface area (Å²) in [6.45, 7) is 9.85. The number of allylic oxidation sites excluding steroid dienone is 1. The molecule has 40 heavy (non-hydrogen) atoms. The zero-order valence-corrected chi connectivity index (χ0v) is 25.0. The second-order valence-electron chi connectivity index (χ2n) is 12.2. The Morgan fingerprint density at radius 1 is 1.10 bits per heavy atom. The molecule has 1 saturated heterocycles. The molecule has 2 unspecified atom stereocenters. The van der Waals surface area contributed by atoms with Crippen molar-refractivity contribution >= 4 is 18.0 Å². The summed E-state index contributed by atoms with van der Waals surface area (Å²) in [5, 5.41) is 3.56. The second-order valence-corrected chi connectivity index (χ2v) is 12.2. The number of hydrogen-bond donors (Lipinski definition) is 1. The van der Waals surface area contributed by atoms with E-state index in [1.807, 2.05) is 32.9 Å². The number of rotatable bonds is 8. The van der Waals surface area contributed by atoms with E-state index in [-0.39, 0.29) is 17.9 Å². The van der Waals surface area contributed by atoms with Gasteiger partial charge in [-0.1, -0.05) is 24.3 Å². The smallest absolute Gasteiger partial charge is 0.337 e.